The summed E-state index contributed by atoms with van der Waals surface area (Å²) in [5.74, 6) is 0.250. The minimum atomic E-state index is -0.332. The van der Waals surface area contributed by atoms with Crippen LogP contribution in [0.15, 0.2) is 16.8 Å². The molecule has 7 heteroatoms. The lowest BCUT2D eigenvalue weighted by Crippen LogP contribution is -2.41. The first-order valence-corrected chi connectivity index (χ1v) is 8.13. The number of aryl methyl sites for hydroxylation is 2. The van der Waals surface area contributed by atoms with Crippen molar-refractivity contribution in [2.24, 2.45) is 0 Å². The third-order valence-corrected chi connectivity index (χ3v) is 4.28. The molecule has 2 unspecified atom stereocenters. The van der Waals surface area contributed by atoms with Gasteiger partial charge in [-0.05, 0) is 40.0 Å². The van der Waals surface area contributed by atoms with Crippen LogP contribution >= 0.6 is 0 Å². The lowest BCUT2D eigenvalue weighted by molar-refractivity contribution is -0.118. The van der Waals surface area contributed by atoms with E-state index in [0.29, 0.717) is 5.88 Å². The Labute approximate surface area is 135 Å². The Hall–Kier alpha value is -2.15. The fraction of sp³-hybridized carbons (Fsp3) is 0.562. The average molecular weight is 317 g/mol. The summed E-state index contributed by atoms with van der Waals surface area (Å²) in [6.45, 7) is 6.65. The first kappa shape index (κ1) is 15.7. The molecule has 2 N–H and O–H groups in total. The number of aromatic nitrogens is 3. The molecule has 1 aliphatic carbocycles. The molecule has 124 valence electrons. The molecule has 0 radical (unpaired) electrons. The normalized spacial score (nSPS) is 18.5. The summed E-state index contributed by atoms with van der Waals surface area (Å²) in [5, 5.41) is 14.4. The molecule has 2 atom stereocenters. The van der Waals surface area contributed by atoms with Gasteiger partial charge in [0.2, 0.25) is 11.8 Å². The molecule has 0 aliphatic heterocycles. The predicted octanol–water partition coefficient (Wildman–Crippen LogP) is 2.19. The lowest BCUT2D eigenvalue weighted by Gasteiger charge is -2.26. The van der Waals surface area contributed by atoms with Gasteiger partial charge in [-0.25, -0.2) is 0 Å². The Balaban J connectivity index is 1.65. The van der Waals surface area contributed by atoms with Crippen LogP contribution in [0.5, 0.6) is 0 Å². The Morgan fingerprint density at radius 3 is 3.09 bits per heavy atom. The summed E-state index contributed by atoms with van der Waals surface area (Å²) < 4.78 is 7.07. The first-order chi connectivity index (χ1) is 11.1. The smallest absolute Gasteiger partial charge is 0.243 e. The van der Waals surface area contributed by atoms with Gasteiger partial charge in [-0.15, -0.1) is 0 Å². The molecule has 0 spiro atoms. The van der Waals surface area contributed by atoms with Gasteiger partial charge in [0.25, 0.3) is 0 Å². The molecular formula is C16H23N5O2. The highest BCUT2D eigenvalue weighted by atomic mass is 16.5. The topological polar surface area (TPSA) is 85.0 Å². The fourth-order valence-electron chi connectivity index (χ4n) is 3.09. The molecule has 0 aromatic carbocycles. The van der Waals surface area contributed by atoms with E-state index in [1.165, 1.54) is 11.3 Å². The van der Waals surface area contributed by atoms with Gasteiger partial charge in [-0.1, -0.05) is 5.16 Å². The number of nitrogens with zero attached hydrogens (tertiary/aromatic N) is 3. The second-order valence-electron chi connectivity index (χ2n) is 6.02. The van der Waals surface area contributed by atoms with E-state index in [0.717, 1.165) is 31.5 Å². The second kappa shape index (κ2) is 6.54. The Kier molecular flexibility index (Phi) is 4.47. The van der Waals surface area contributed by atoms with Gasteiger partial charge >= 0.3 is 0 Å². The van der Waals surface area contributed by atoms with Crippen LogP contribution in [-0.2, 0) is 17.8 Å². The van der Waals surface area contributed by atoms with E-state index >= 15 is 0 Å². The molecule has 2 heterocycles. The molecule has 1 aliphatic rings. The number of rotatable bonds is 5. The summed E-state index contributed by atoms with van der Waals surface area (Å²) in [5.41, 5.74) is 3.24. The number of fused-ring (bicyclic) bond motifs is 1. The van der Waals surface area contributed by atoms with Gasteiger partial charge in [0.05, 0.1) is 17.9 Å². The molecule has 7 nitrogen and oxygen atoms in total. The SMILES string of the molecule is CCn1ncc2c1CCCC2NC(C)C(=O)Nc1cc(C)no1. The van der Waals surface area contributed by atoms with E-state index in [1.807, 2.05) is 24.7 Å². The van der Waals surface area contributed by atoms with Crippen LogP contribution in [0.2, 0.25) is 0 Å². The number of anilines is 1. The molecule has 0 fully saturated rings. The van der Waals surface area contributed by atoms with E-state index in [9.17, 15) is 4.79 Å². The van der Waals surface area contributed by atoms with Gasteiger partial charge in [-0.2, -0.15) is 5.10 Å². The zero-order valence-corrected chi connectivity index (χ0v) is 13.8. The number of hydrogen-bond donors (Lipinski definition) is 2. The molecule has 0 bridgehead atoms. The van der Waals surface area contributed by atoms with E-state index in [-0.39, 0.29) is 18.0 Å². The van der Waals surface area contributed by atoms with Crippen LogP contribution in [0.1, 0.15) is 49.7 Å². The van der Waals surface area contributed by atoms with Gasteiger partial charge in [-0.3, -0.25) is 20.1 Å². The average Bonchev–Trinajstić information content (AvgIpc) is 3.13. The van der Waals surface area contributed by atoms with E-state index in [2.05, 4.69) is 27.8 Å². The van der Waals surface area contributed by atoms with Crippen LogP contribution in [0.25, 0.3) is 0 Å². The van der Waals surface area contributed by atoms with Crippen LogP contribution < -0.4 is 10.6 Å². The summed E-state index contributed by atoms with van der Waals surface area (Å²) in [4.78, 5) is 12.3. The lowest BCUT2D eigenvalue weighted by atomic mass is 9.92. The van der Waals surface area contributed by atoms with Crippen LogP contribution in [0, 0.1) is 6.92 Å². The maximum absolute atomic E-state index is 12.3. The van der Waals surface area contributed by atoms with E-state index < -0.39 is 0 Å². The molecule has 3 rings (SSSR count). The number of hydrogen-bond acceptors (Lipinski definition) is 5. The van der Waals surface area contributed by atoms with Crippen molar-refractivity contribution in [3.63, 3.8) is 0 Å². The summed E-state index contributed by atoms with van der Waals surface area (Å²) in [6.07, 6.45) is 5.10. The molecular weight excluding hydrogens is 294 g/mol. The van der Waals surface area contributed by atoms with Crippen molar-refractivity contribution < 1.29 is 9.32 Å². The summed E-state index contributed by atoms with van der Waals surface area (Å²) in [6, 6.07) is 1.53. The van der Waals surface area contributed by atoms with Gasteiger partial charge in [0.15, 0.2) is 0 Å². The van der Waals surface area contributed by atoms with Crippen LogP contribution in [-0.4, -0.2) is 26.9 Å². The van der Waals surface area contributed by atoms with Crippen molar-refractivity contribution in [3.8, 4) is 0 Å². The van der Waals surface area contributed by atoms with Crippen LogP contribution in [0.3, 0.4) is 0 Å². The van der Waals surface area contributed by atoms with Crippen molar-refractivity contribution in [3.05, 3.63) is 29.2 Å². The van der Waals surface area contributed by atoms with Crippen molar-refractivity contribution in [1.29, 1.82) is 0 Å². The minimum absolute atomic E-state index is 0.129. The molecule has 0 saturated heterocycles. The third kappa shape index (κ3) is 3.29. The first-order valence-electron chi connectivity index (χ1n) is 8.13. The molecule has 2 aromatic rings. The molecule has 2 aromatic heterocycles. The van der Waals surface area contributed by atoms with Gasteiger partial charge in [0, 0.05) is 29.9 Å². The fourth-order valence-corrected chi connectivity index (χ4v) is 3.09. The number of carbonyl (C=O) groups is 1. The molecule has 23 heavy (non-hydrogen) atoms. The summed E-state index contributed by atoms with van der Waals surface area (Å²) in [7, 11) is 0. The zero-order chi connectivity index (χ0) is 16.4. The Bertz CT molecular complexity index is 690. The number of nitrogens with one attached hydrogen (secondary N) is 2. The monoisotopic (exact) mass is 317 g/mol. The van der Waals surface area contributed by atoms with Crippen LogP contribution in [0.4, 0.5) is 5.88 Å². The largest absolute Gasteiger partial charge is 0.338 e. The maximum atomic E-state index is 12.3. The Morgan fingerprint density at radius 2 is 2.39 bits per heavy atom. The minimum Gasteiger partial charge on any atom is -0.338 e. The van der Waals surface area contributed by atoms with Crippen molar-refractivity contribution in [2.45, 2.75) is 58.7 Å². The van der Waals surface area contributed by atoms with Crippen molar-refractivity contribution in [1.82, 2.24) is 20.3 Å². The predicted molar refractivity (Wildman–Crippen MR) is 86.0 cm³/mol. The third-order valence-electron chi connectivity index (χ3n) is 4.28. The molecule has 0 saturated carbocycles. The highest BCUT2D eigenvalue weighted by Gasteiger charge is 2.27. The van der Waals surface area contributed by atoms with Crippen molar-refractivity contribution >= 4 is 11.8 Å². The second-order valence-corrected chi connectivity index (χ2v) is 6.02. The van der Waals surface area contributed by atoms with E-state index in [4.69, 9.17) is 4.52 Å². The molecule has 1 amide bonds. The zero-order valence-electron chi connectivity index (χ0n) is 13.8. The quantitative estimate of drug-likeness (QED) is 0.883. The highest BCUT2D eigenvalue weighted by Crippen LogP contribution is 2.30. The maximum Gasteiger partial charge on any atom is 0.243 e. The van der Waals surface area contributed by atoms with Gasteiger partial charge < -0.3 is 4.52 Å². The number of carbonyl (C=O) groups excluding carboxylic acids is 1. The highest BCUT2D eigenvalue weighted by molar-refractivity contribution is 5.93. The summed E-state index contributed by atoms with van der Waals surface area (Å²) >= 11 is 0. The van der Waals surface area contributed by atoms with Gasteiger partial charge in [0.1, 0.15) is 0 Å². The number of amides is 1. The van der Waals surface area contributed by atoms with E-state index in [1.54, 1.807) is 6.07 Å². The Morgan fingerprint density at radius 1 is 1.57 bits per heavy atom. The van der Waals surface area contributed by atoms with Crippen molar-refractivity contribution in [2.75, 3.05) is 5.32 Å². The standard InChI is InChI=1S/C16H23N5O2/c1-4-21-14-7-5-6-13(12(14)9-17-21)18-11(3)16(22)19-15-8-10(2)20-23-15/h8-9,11,13,18H,4-7H2,1-3H3,(H,19,22).